The second-order valence-corrected chi connectivity index (χ2v) is 9.46. The maximum atomic E-state index is 12.5. The lowest BCUT2D eigenvalue weighted by atomic mass is 10.0. The van der Waals surface area contributed by atoms with Crippen LogP contribution in [0.2, 0.25) is 0 Å². The maximum absolute atomic E-state index is 12.5. The molecule has 0 bridgehead atoms. The van der Waals surface area contributed by atoms with Crippen LogP contribution in [-0.4, -0.2) is 45.8 Å². The number of aromatic nitrogens is 3. The molecule has 1 aliphatic heterocycles. The summed E-state index contributed by atoms with van der Waals surface area (Å²) in [4.78, 5) is 37.9. The molecule has 2 atom stereocenters. The fraction of sp³-hybridized carbons (Fsp3) is 0.292. The summed E-state index contributed by atoms with van der Waals surface area (Å²) in [7, 11) is 1.18. The van der Waals surface area contributed by atoms with Gasteiger partial charge >= 0.3 is 12.1 Å². The molecule has 0 aliphatic carbocycles. The van der Waals surface area contributed by atoms with Crippen LogP contribution in [0.25, 0.3) is 5.69 Å². The molecule has 3 aromatic rings. The summed E-state index contributed by atoms with van der Waals surface area (Å²) in [5.74, 6) is 0.175. The molecular formula is C24H22Br2N4O5. The highest BCUT2D eigenvalue weighted by Gasteiger charge is 2.29. The van der Waals surface area contributed by atoms with Crippen molar-refractivity contribution in [3.05, 3.63) is 74.4 Å². The summed E-state index contributed by atoms with van der Waals surface area (Å²) in [6.07, 6.45) is 1.87. The van der Waals surface area contributed by atoms with Crippen molar-refractivity contribution in [3.63, 3.8) is 0 Å². The summed E-state index contributed by atoms with van der Waals surface area (Å²) < 4.78 is 18.2. The van der Waals surface area contributed by atoms with Gasteiger partial charge in [0.15, 0.2) is 0 Å². The second kappa shape index (κ2) is 10.7. The molecule has 0 saturated heterocycles. The first-order chi connectivity index (χ1) is 16.8. The van der Waals surface area contributed by atoms with E-state index in [4.69, 9.17) is 14.5 Å². The molecule has 0 radical (unpaired) electrons. The van der Waals surface area contributed by atoms with Crippen LogP contribution in [0, 0.1) is 6.92 Å². The lowest BCUT2D eigenvalue weighted by Crippen LogP contribution is -2.22. The molecule has 1 aromatic carbocycles. The Labute approximate surface area is 218 Å². The number of aryl methyl sites for hydroxylation is 1. The first-order valence-corrected chi connectivity index (χ1v) is 12.3. The molecule has 0 fully saturated rings. The number of fused-ring (bicyclic) bond motifs is 3. The zero-order valence-electron chi connectivity index (χ0n) is 19.2. The molecule has 182 valence electrons. The van der Waals surface area contributed by atoms with Gasteiger partial charge < -0.3 is 14.2 Å². The van der Waals surface area contributed by atoms with Crippen molar-refractivity contribution < 1.29 is 23.8 Å². The topological polar surface area (TPSA) is 105 Å². The highest BCUT2D eigenvalue weighted by atomic mass is 79.9. The largest absolute Gasteiger partial charge is 0.511 e. The Morgan fingerprint density at radius 2 is 1.91 bits per heavy atom. The Bertz CT molecular complexity index is 1290. The van der Waals surface area contributed by atoms with Gasteiger partial charge in [-0.2, -0.15) is 0 Å². The van der Waals surface area contributed by atoms with E-state index in [1.54, 1.807) is 12.4 Å². The average Bonchev–Trinajstić information content (AvgIpc) is 3.16. The number of pyridine rings is 1. The summed E-state index contributed by atoms with van der Waals surface area (Å²) in [6, 6.07) is 9.21. The molecule has 0 saturated carbocycles. The predicted octanol–water partition coefficient (Wildman–Crippen LogP) is 5.45. The van der Waals surface area contributed by atoms with Crippen LogP contribution < -0.4 is 0 Å². The molecule has 3 heterocycles. The quantitative estimate of drug-likeness (QED) is 0.272. The molecule has 1 unspecified atom stereocenters. The number of halogens is 2. The van der Waals surface area contributed by atoms with E-state index in [1.165, 1.54) is 14.0 Å². The minimum atomic E-state index is -1.07. The number of carbonyl (C=O) groups is 2. The highest BCUT2D eigenvalue weighted by Crippen LogP contribution is 2.37. The van der Waals surface area contributed by atoms with E-state index >= 15 is 0 Å². The van der Waals surface area contributed by atoms with Gasteiger partial charge in [-0.25, -0.2) is 9.78 Å². The Morgan fingerprint density at radius 3 is 2.63 bits per heavy atom. The van der Waals surface area contributed by atoms with Crippen LogP contribution in [0.4, 0.5) is 4.79 Å². The summed E-state index contributed by atoms with van der Waals surface area (Å²) in [5, 5.41) is 0. The van der Waals surface area contributed by atoms with Gasteiger partial charge in [0, 0.05) is 45.9 Å². The van der Waals surface area contributed by atoms with E-state index in [0.29, 0.717) is 23.7 Å². The fourth-order valence-electron chi connectivity index (χ4n) is 3.81. The van der Waals surface area contributed by atoms with Gasteiger partial charge in [0.05, 0.1) is 24.2 Å². The number of imidazole rings is 1. The lowest BCUT2D eigenvalue weighted by Gasteiger charge is -2.16. The molecule has 4 rings (SSSR count). The normalized spacial score (nSPS) is 15.2. The van der Waals surface area contributed by atoms with E-state index in [1.807, 2.05) is 41.8 Å². The minimum absolute atomic E-state index is 0.0359. The molecule has 1 aliphatic rings. The van der Waals surface area contributed by atoms with Crippen LogP contribution in [0.1, 0.15) is 48.6 Å². The number of benzene rings is 1. The number of ether oxygens (including phenoxy) is 3. The van der Waals surface area contributed by atoms with Crippen molar-refractivity contribution in [1.29, 1.82) is 0 Å². The number of methoxy groups -OCH3 is 1. The Morgan fingerprint density at radius 1 is 1.14 bits per heavy atom. The van der Waals surface area contributed by atoms with Gasteiger partial charge in [0.1, 0.15) is 11.9 Å². The summed E-state index contributed by atoms with van der Waals surface area (Å²) in [5.41, 5.74) is 4.12. The summed E-state index contributed by atoms with van der Waals surface area (Å²) in [6.45, 7) is 3.42. The van der Waals surface area contributed by atoms with E-state index in [-0.39, 0.29) is 6.42 Å². The predicted molar refractivity (Wildman–Crippen MR) is 135 cm³/mol. The van der Waals surface area contributed by atoms with Crippen molar-refractivity contribution in [1.82, 2.24) is 14.5 Å². The second-order valence-electron chi connectivity index (χ2n) is 7.75. The van der Waals surface area contributed by atoms with E-state index < -0.39 is 24.5 Å². The van der Waals surface area contributed by atoms with Crippen LogP contribution in [0.15, 0.2) is 56.7 Å². The van der Waals surface area contributed by atoms with Crippen LogP contribution in [0.5, 0.6) is 0 Å². The van der Waals surface area contributed by atoms with Gasteiger partial charge in [0.2, 0.25) is 6.29 Å². The first-order valence-electron chi connectivity index (χ1n) is 10.8. The van der Waals surface area contributed by atoms with Gasteiger partial charge in [0.25, 0.3) is 0 Å². The van der Waals surface area contributed by atoms with Gasteiger partial charge in [-0.05, 0) is 69.5 Å². The van der Waals surface area contributed by atoms with Crippen molar-refractivity contribution in [2.45, 2.75) is 39.0 Å². The van der Waals surface area contributed by atoms with Crippen molar-refractivity contribution in [2.24, 2.45) is 4.99 Å². The highest BCUT2D eigenvalue weighted by molar-refractivity contribution is 9.13. The van der Waals surface area contributed by atoms with E-state index in [0.717, 1.165) is 25.9 Å². The molecule has 0 amide bonds. The lowest BCUT2D eigenvalue weighted by molar-refractivity contribution is -0.167. The SMILES string of the molecule is COC(=O)OC(C)OC(=O)CC[C@@H]1N=C(c2ccccn2)c2cc(Br)c(Br)cc2-n2c(C)cnc21. The molecule has 2 aromatic heterocycles. The number of esters is 1. The molecule has 0 N–H and O–H groups in total. The molecule has 0 spiro atoms. The van der Waals surface area contributed by atoms with Crippen LogP contribution in [0.3, 0.4) is 0 Å². The Kier molecular flexibility index (Phi) is 7.66. The van der Waals surface area contributed by atoms with E-state index in [2.05, 4.69) is 46.6 Å². The van der Waals surface area contributed by atoms with Crippen LogP contribution >= 0.6 is 31.9 Å². The van der Waals surface area contributed by atoms with Gasteiger partial charge in [-0.3, -0.25) is 19.3 Å². The Hall–Kier alpha value is -3.05. The minimum Gasteiger partial charge on any atom is -0.438 e. The molecule has 9 nitrogen and oxygen atoms in total. The number of aliphatic imine (C=N–C) groups is 1. The van der Waals surface area contributed by atoms with Crippen molar-refractivity contribution >= 4 is 49.7 Å². The standard InChI is InChI=1S/C24H22Br2N4O5/c1-13-12-28-23-19(7-8-21(31)34-14(2)35-24(32)33-3)29-22(18-6-4-5-9-27-18)15-10-16(25)17(26)11-20(15)30(13)23/h4-6,9-12,14,19H,7-8H2,1-3H3/t14?,19-/m0/s1. The number of nitrogens with zero attached hydrogens (tertiary/aromatic N) is 4. The van der Waals surface area contributed by atoms with Gasteiger partial charge in [-0.15, -0.1) is 0 Å². The van der Waals surface area contributed by atoms with Crippen molar-refractivity contribution in [3.8, 4) is 5.69 Å². The third-order valence-corrected chi connectivity index (χ3v) is 7.18. The zero-order chi connectivity index (χ0) is 25.1. The monoisotopic (exact) mass is 604 g/mol. The third kappa shape index (κ3) is 5.46. The third-order valence-electron chi connectivity index (χ3n) is 5.34. The summed E-state index contributed by atoms with van der Waals surface area (Å²) >= 11 is 7.21. The van der Waals surface area contributed by atoms with Gasteiger partial charge in [-0.1, -0.05) is 6.07 Å². The van der Waals surface area contributed by atoms with Crippen molar-refractivity contribution in [2.75, 3.05) is 7.11 Å². The first kappa shape index (κ1) is 25.1. The molecule has 11 heteroatoms. The maximum Gasteiger partial charge on any atom is 0.511 e. The van der Waals surface area contributed by atoms with Crippen LogP contribution in [-0.2, 0) is 19.0 Å². The zero-order valence-corrected chi connectivity index (χ0v) is 22.4. The Balaban J connectivity index is 1.70. The number of hydrogen-bond donors (Lipinski definition) is 0. The fourth-order valence-corrected chi connectivity index (χ4v) is 4.48. The smallest absolute Gasteiger partial charge is 0.438 e. The average molecular weight is 606 g/mol. The molecule has 35 heavy (non-hydrogen) atoms. The number of carbonyl (C=O) groups excluding carboxylic acids is 2. The number of hydrogen-bond acceptors (Lipinski definition) is 8. The van der Waals surface area contributed by atoms with E-state index in [9.17, 15) is 9.59 Å². The molecular weight excluding hydrogens is 584 g/mol. The number of rotatable bonds is 6.